The molecule has 0 radical (unpaired) electrons. The van der Waals surface area contributed by atoms with E-state index >= 15 is 0 Å². The number of para-hydroxylation sites is 1. The largest absolute Gasteiger partial charge is 0.354 e. The SMILES string of the molecule is O=C[C@H]1CSc2[nH]c(=O)sc2[C@@H]1c1c(-c2ccccc2)[nH]c2ccccc12. The van der Waals surface area contributed by atoms with E-state index in [0.29, 0.717) is 5.75 Å². The van der Waals surface area contributed by atoms with Crippen molar-refractivity contribution in [1.82, 2.24) is 9.97 Å². The molecule has 0 aliphatic carbocycles. The van der Waals surface area contributed by atoms with Crippen LogP contribution >= 0.6 is 23.1 Å². The summed E-state index contributed by atoms with van der Waals surface area (Å²) in [7, 11) is 0. The fourth-order valence-electron chi connectivity index (χ4n) is 3.89. The van der Waals surface area contributed by atoms with Crippen LogP contribution in [-0.4, -0.2) is 22.0 Å². The van der Waals surface area contributed by atoms with Gasteiger partial charge < -0.3 is 14.8 Å². The zero-order valence-corrected chi connectivity index (χ0v) is 15.9. The lowest BCUT2D eigenvalue weighted by molar-refractivity contribution is -0.110. The summed E-state index contributed by atoms with van der Waals surface area (Å²) in [5.74, 6) is 0.367. The fraction of sp³-hybridized carbons (Fsp3) is 0.143. The molecule has 2 aromatic carbocycles. The zero-order chi connectivity index (χ0) is 18.4. The number of hydrogen-bond acceptors (Lipinski definition) is 4. The lowest BCUT2D eigenvalue weighted by atomic mass is 9.83. The Morgan fingerprint density at radius 2 is 1.78 bits per heavy atom. The third kappa shape index (κ3) is 2.67. The molecule has 4 nitrogen and oxygen atoms in total. The van der Waals surface area contributed by atoms with Crippen molar-refractivity contribution in [2.45, 2.75) is 10.9 Å². The monoisotopic (exact) mass is 392 g/mol. The molecular formula is C21H16N2O2S2. The maximum absolute atomic E-state index is 12.0. The smallest absolute Gasteiger partial charge is 0.305 e. The highest BCUT2D eigenvalue weighted by Gasteiger charge is 2.37. The first-order valence-electron chi connectivity index (χ1n) is 8.73. The van der Waals surface area contributed by atoms with Crippen molar-refractivity contribution in [2.24, 2.45) is 5.92 Å². The molecule has 2 atom stereocenters. The van der Waals surface area contributed by atoms with Gasteiger partial charge in [0, 0.05) is 33.4 Å². The number of aldehydes is 1. The van der Waals surface area contributed by atoms with Crippen LogP contribution in [0, 0.1) is 5.92 Å². The molecule has 4 aromatic rings. The van der Waals surface area contributed by atoms with Gasteiger partial charge in [0.05, 0.1) is 10.7 Å². The summed E-state index contributed by atoms with van der Waals surface area (Å²) in [6.45, 7) is 0. The number of carbonyl (C=O) groups is 1. The van der Waals surface area contributed by atoms with Gasteiger partial charge in [-0.15, -0.1) is 11.8 Å². The molecule has 27 heavy (non-hydrogen) atoms. The topological polar surface area (TPSA) is 65.7 Å². The minimum Gasteiger partial charge on any atom is -0.354 e. The van der Waals surface area contributed by atoms with Gasteiger partial charge in [0.2, 0.25) is 0 Å². The van der Waals surface area contributed by atoms with Gasteiger partial charge in [0.15, 0.2) is 0 Å². The Morgan fingerprint density at radius 1 is 1.00 bits per heavy atom. The molecule has 2 N–H and O–H groups in total. The third-order valence-electron chi connectivity index (χ3n) is 5.07. The van der Waals surface area contributed by atoms with Crippen molar-refractivity contribution in [3.63, 3.8) is 0 Å². The van der Waals surface area contributed by atoms with Crippen LogP contribution in [0.2, 0.25) is 0 Å². The number of carbonyl (C=O) groups excluding carboxylic acids is 1. The van der Waals surface area contributed by atoms with E-state index in [1.54, 1.807) is 11.8 Å². The highest BCUT2D eigenvalue weighted by Crippen LogP contribution is 2.49. The van der Waals surface area contributed by atoms with Crippen molar-refractivity contribution in [1.29, 1.82) is 0 Å². The number of nitrogens with one attached hydrogen (secondary N) is 2. The Morgan fingerprint density at radius 3 is 2.59 bits per heavy atom. The van der Waals surface area contributed by atoms with Crippen LogP contribution in [0.15, 0.2) is 64.4 Å². The van der Waals surface area contributed by atoms with E-state index < -0.39 is 0 Å². The zero-order valence-electron chi connectivity index (χ0n) is 14.3. The summed E-state index contributed by atoms with van der Waals surface area (Å²) in [6, 6.07) is 18.3. The van der Waals surface area contributed by atoms with E-state index in [-0.39, 0.29) is 16.7 Å². The first-order valence-corrected chi connectivity index (χ1v) is 10.5. The number of aromatic amines is 2. The highest BCUT2D eigenvalue weighted by atomic mass is 32.2. The number of H-pyrrole nitrogens is 2. The van der Waals surface area contributed by atoms with Crippen molar-refractivity contribution < 1.29 is 4.79 Å². The Bertz CT molecular complexity index is 1190. The maximum atomic E-state index is 12.0. The van der Waals surface area contributed by atoms with Crippen molar-refractivity contribution >= 4 is 40.3 Å². The number of benzene rings is 2. The molecule has 1 aliphatic rings. The average molecular weight is 393 g/mol. The van der Waals surface area contributed by atoms with Gasteiger partial charge in [-0.05, 0) is 17.2 Å². The Balaban J connectivity index is 1.84. The Kier molecular flexibility index (Phi) is 4.02. The van der Waals surface area contributed by atoms with E-state index in [4.69, 9.17) is 0 Å². The van der Waals surface area contributed by atoms with E-state index in [1.807, 2.05) is 30.3 Å². The summed E-state index contributed by atoms with van der Waals surface area (Å²) in [4.78, 5) is 31.4. The molecule has 0 amide bonds. The predicted molar refractivity (Wildman–Crippen MR) is 111 cm³/mol. The molecular weight excluding hydrogens is 376 g/mol. The van der Waals surface area contributed by atoms with Gasteiger partial charge in [-0.25, -0.2) is 0 Å². The number of aromatic nitrogens is 2. The molecule has 3 heterocycles. The van der Waals surface area contributed by atoms with Gasteiger partial charge in [0.1, 0.15) is 6.29 Å². The van der Waals surface area contributed by atoms with Crippen LogP contribution in [0.1, 0.15) is 16.4 Å². The molecule has 0 bridgehead atoms. The van der Waals surface area contributed by atoms with Gasteiger partial charge in [-0.3, -0.25) is 4.79 Å². The van der Waals surface area contributed by atoms with Gasteiger partial charge in [-0.2, -0.15) is 0 Å². The standard InChI is InChI=1S/C21H16N2O2S2/c24-10-13-11-26-20-19(27-21(25)23-20)16(13)17-14-8-4-5-9-15(14)22-18(17)12-6-2-1-3-7-12/h1-10,13,16,22H,11H2,(H,23,25)/t13-,16-/m0/s1. The Hall–Kier alpha value is -2.57. The van der Waals surface area contributed by atoms with Crippen LogP contribution in [0.4, 0.5) is 0 Å². The molecule has 0 saturated heterocycles. The molecule has 0 saturated carbocycles. The van der Waals surface area contributed by atoms with E-state index in [2.05, 4.69) is 34.2 Å². The van der Waals surface area contributed by atoms with Gasteiger partial charge in [-0.1, -0.05) is 59.9 Å². The number of fused-ring (bicyclic) bond motifs is 2. The number of hydrogen-bond donors (Lipinski definition) is 2. The molecule has 134 valence electrons. The van der Waals surface area contributed by atoms with Crippen LogP contribution in [-0.2, 0) is 4.79 Å². The number of rotatable bonds is 3. The minimum absolute atomic E-state index is 0.0647. The van der Waals surface area contributed by atoms with Gasteiger partial charge in [0.25, 0.3) is 0 Å². The first-order chi connectivity index (χ1) is 13.3. The minimum atomic E-state index is -0.171. The fourth-order valence-corrected chi connectivity index (χ4v) is 6.24. The molecule has 0 fully saturated rings. The van der Waals surface area contributed by atoms with Crippen LogP contribution in [0.5, 0.6) is 0 Å². The van der Waals surface area contributed by atoms with Gasteiger partial charge >= 0.3 is 4.87 Å². The average Bonchev–Trinajstić information content (AvgIpc) is 3.27. The van der Waals surface area contributed by atoms with E-state index in [1.165, 1.54) is 11.3 Å². The normalized spacial score (nSPS) is 19.1. The summed E-state index contributed by atoms with van der Waals surface area (Å²) >= 11 is 2.79. The summed E-state index contributed by atoms with van der Waals surface area (Å²) < 4.78 is 0. The summed E-state index contributed by atoms with van der Waals surface area (Å²) in [6.07, 6.45) is 1.04. The third-order valence-corrected chi connectivity index (χ3v) is 7.32. The first kappa shape index (κ1) is 16.6. The molecule has 1 aliphatic heterocycles. The Labute approximate surface area is 163 Å². The molecule has 0 spiro atoms. The van der Waals surface area contributed by atoms with Crippen molar-refractivity contribution in [3.05, 3.63) is 74.7 Å². The second-order valence-electron chi connectivity index (χ2n) is 6.62. The quantitative estimate of drug-likeness (QED) is 0.499. The number of thioether (sulfide) groups is 1. The predicted octanol–water partition coefficient (Wildman–Crippen LogP) is 4.64. The molecule has 5 rings (SSSR count). The molecule has 0 unspecified atom stereocenters. The summed E-state index contributed by atoms with van der Waals surface area (Å²) in [5.41, 5.74) is 4.24. The highest BCUT2D eigenvalue weighted by molar-refractivity contribution is 7.99. The van der Waals surface area contributed by atoms with Crippen molar-refractivity contribution in [2.75, 3.05) is 5.75 Å². The number of thiazole rings is 1. The van der Waals surface area contributed by atoms with Crippen LogP contribution in [0.25, 0.3) is 22.2 Å². The summed E-state index contributed by atoms with van der Waals surface area (Å²) in [5, 5.41) is 2.00. The van der Waals surface area contributed by atoms with E-state index in [0.717, 1.165) is 43.9 Å². The second-order valence-corrected chi connectivity index (χ2v) is 8.67. The van der Waals surface area contributed by atoms with Crippen LogP contribution in [0.3, 0.4) is 0 Å². The maximum Gasteiger partial charge on any atom is 0.305 e. The molecule has 6 heteroatoms. The lowest BCUT2D eigenvalue weighted by Gasteiger charge is -2.28. The van der Waals surface area contributed by atoms with Crippen LogP contribution < -0.4 is 4.87 Å². The lowest BCUT2D eigenvalue weighted by Crippen LogP contribution is -2.22. The van der Waals surface area contributed by atoms with E-state index in [9.17, 15) is 9.59 Å². The molecule has 2 aromatic heterocycles. The second kappa shape index (κ2) is 6.55. The van der Waals surface area contributed by atoms with Crippen molar-refractivity contribution in [3.8, 4) is 11.3 Å².